The van der Waals surface area contributed by atoms with E-state index in [1.54, 1.807) is 6.07 Å². The first-order valence-corrected chi connectivity index (χ1v) is 10.6. The second kappa shape index (κ2) is 8.67. The predicted octanol–water partition coefficient (Wildman–Crippen LogP) is 5.55. The maximum absolute atomic E-state index is 13.1. The van der Waals surface area contributed by atoms with E-state index in [4.69, 9.17) is 34.8 Å². The van der Waals surface area contributed by atoms with E-state index in [2.05, 4.69) is 20.2 Å². The Morgan fingerprint density at radius 2 is 1.97 bits per heavy atom. The quantitative estimate of drug-likeness (QED) is 0.436. The third-order valence-electron chi connectivity index (χ3n) is 5.39. The average Bonchev–Trinajstić information content (AvgIpc) is 3.06. The molecule has 0 radical (unpaired) electrons. The lowest BCUT2D eigenvalue weighted by molar-refractivity contribution is -0.140. The third-order valence-corrected chi connectivity index (χ3v) is 6.20. The van der Waals surface area contributed by atoms with Gasteiger partial charge in [-0.15, -0.1) is 0 Å². The fraction of sp³-hybridized carbons (Fsp3) is 0.350. The smallest absolute Gasteiger partial charge is 0.394 e. The number of aliphatic hydroxyl groups is 1. The van der Waals surface area contributed by atoms with Gasteiger partial charge in [0.2, 0.25) is 0 Å². The van der Waals surface area contributed by atoms with Crippen molar-refractivity contribution in [1.29, 1.82) is 0 Å². The minimum Gasteiger partial charge on any atom is -0.394 e. The minimum absolute atomic E-state index is 0.00475. The van der Waals surface area contributed by atoms with Crippen molar-refractivity contribution < 1.29 is 18.3 Å². The molecule has 0 saturated heterocycles. The first-order valence-electron chi connectivity index (χ1n) is 9.51. The number of H-pyrrole nitrogens is 1. The van der Waals surface area contributed by atoms with Gasteiger partial charge in [0.05, 0.1) is 22.7 Å². The second-order valence-corrected chi connectivity index (χ2v) is 8.52. The number of aromatic amines is 1. The highest BCUT2D eigenvalue weighted by Crippen LogP contribution is 2.37. The number of anilines is 1. The largest absolute Gasteiger partial charge is 0.434 e. The van der Waals surface area contributed by atoms with E-state index in [1.807, 2.05) is 12.1 Å². The predicted molar refractivity (Wildman–Crippen MR) is 116 cm³/mol. The highest BCUT2D eigenvalue weighted by Gasteiger charge is 2.36. The molecule has 4 rings (SSSR count). The summed E-state index contributed by atoms with van der Waals surface area (Å²) in [6.07, 6.45) is -3.92. The number of pyridine rings is 1. The molecule has 1 aliphatic rings. The van der Waals surface area contributed by atoms with E-state index in [0.29, 0.717) is 18.1 Å². The number of aliphatic hydroxyl groups excluding tert-OH is 1. The van der Waals surface area contributed by atoms with Crippen molar-refractivity contribution in [3.05, 3.63) is 56.3 Å². The van der Waals surface area contributed by atoms with Crippen LogP contribution in [0.3, 0.4) is 0 Å². The van der Waals surface area contributed by atoms with Gasteiger partial charge in [0.1, 0.15) is 5.82 Å². The normalized spacial score (nSPS) is 17.2. The van der Waals surface area contributed by atoms with Gasteiger partial charge in [0.15, 0.2) is 5.69 Å². The van der Waals surface area contributed by atoms with E-state index in [-0.39, 0.29) is 30.0 Å². The summed E-state index contributed by atoms with van der Waals surface area (Å²) in [4.78, 5) is 8.98. The standard InChI is InChI=1S/C20H18Cl3F3N4O/c21-10-1-2-15-12(7-10)11-3-5-30(16(9-31)17(11)28-15)6-4-27-19-14(23)8-13(22)18(29-19)20(24,25)26/h1-2,7-8,16,28,31H,3-6,9H2,(H,27,29). The number of alkyl halides is 3. The zero-order chi connectivity index (χ0) is 22.3. The van der Waals surface area contributed by atoms with Crippen LogP contribution in [0.25, 0.3) is 10.9 Å². The molecule has 1 aromatic carbocycles. The van der Waals surface area contributed by atoms with E-state index >= 15 is 0 Å². The lowest BCUT2D eigenvalue weighted by Crippen LogP contribution is -2.40. The Hall–Kier alpha value is -1.71. The number of hydrogen-bond acceptors (Lipinski definition) is 4. The van der Waals surface area contributed by atoms with Crippen LogP contribution in [-0.4, -0.2) is 46.2 Å². The van der Waals surface area contributed by atoms with Crippen molar-refractivity contribution in [2.75, 3.05) is 31.6 Å². The summed E-state index contributed by atoms with van der Waals surface area (Å²) in [6.45, 7) is 1.31. The minimum atomic E-state index is -4.68. The van der Waals surface area contributed by atoms with Crippen molar-refractivity contribution >= 4 is 51.5 Å². The number of aromatic nitrogens is 2. The van der Waals surface area contributed by atoms with Crippen molar-refractivity contribution in [1.82, 2.24) is 14.9 Å². The van der Waals surface area contributed by atoms with Crippen molar-refractivity contribution in [2.24, 2.45) is 0 Å². The first kappa shape index (κ1) is 22.5. The number of fused-ring (bicyclic) bond motifs is 3. The summed E-state index contributed by atoms with van der Waals surface area (Å²) in [5.74, 6) is -0.0862. The summed E-state index contributed by atoms with van der Waals surface area (Å²) < 4.78 is 39.2. The number of hydrogen-bond donors (Lipinski definition) is 3. The van der Waals surface area contributed by atoms with E-state index in [0.717, 1.165) is 34.6 Å². The molecule has 2 aromatic heterocycles. The Kier molecular flexibility index (Phi) is 6.29. The van der Waals surface area contributed by atoms with E-state index < -0.39 is 16.9 Å². The molecular weight excluding hydrogens is 476 g/mol. The molecule has 11 heteroatoms. The molecule has 0 aliphatic carbocycles. The number of halogens is 6. The van der Waals surface area contributed by atoms with Crippen LogP contribution in [-0.2, 0) is 12.6 Å². The molecule has 1 atom stereocenters. The van der Waals surface area contributed by atoms with Gasteiger partial charge in [-0.2, -0.15) is 13.2 Å². The molecule has 0 fully saturated rings. The molecule has 5 nitrogen and oxygen atoms in total. The van der Waals surface area contributed by atoms with Crippen molar-refractivity contribution in [3.63, 3.8) is 0 Å². The molecule has 0 amide bonds. The summed E-state index contributed by atoms with van der Waals surface area (Å²) in [6, 6.07) is 6.38. The molecule has 3 aromatic rings. The molecule has 166 valence electrons. The highest BCUT2D eigenvalue weighted by molar-refractivity contribution is 6.36. The Bertz CT molecular complexity index is 1120. The lowest BCUT2D eigenvalue weighted by Gasteiger charge is -2.34. The zero-order valence-electron chi connectivity index (χ0n) is 16.0. The molecule has 31 heavy (non-hydrogen) atoms. The van der Waals surface area contributed by atoms with Crippen molar-refractivity contribution in [2.45, 2.75) is 18.6 Å². The topological polar surface area (TPSA) is 64.2 Å². The Morgan fingerprint density at radius 1 is 1.19 bits per heavy atom. The maximum Gasteiger partial charge on any atom is 0.434 e. The van der Waals surface area contributed by atoms with Crippen LogP contribution in [0.2, 0.25) is 15.1 Å². The molecule has 3 N–H and O–H groups in total. The van der Waals surface area contributed by atoms with Gasteiger partial charge in [-0.25, -0.2) is 4.98 Å². The van der Waals surface area contributed by atoms with Gasteiger partial charge < -0.3 is 15.4 Å². The molecule has 1 unspecified atom stereocenters. The Morgan fingerprint density at radius 3 is 2.68 bits per heavy atom. The zero-order valence-corrected chi connectivity index (χ0v) is 18.3. The second-order valence-electron chi connectivity index (χ2n) is 7.27. The summed E-state index contributed by atoms with van der Waals surface area (Å²) >= 11 is 17.8. The van der Waals surface area contributed by atoms with Gasteiger partial charge in [0, 0.05) is 41.3 Å². The van der Waals surface area contributed by atoms with Crippen LogP contribution >= 0.6 is 34.8 Å². The molecule has 0 bridgehead atoms. The Balaban J connectivity index is 1.49. The third kappa shape index (κ3) is 4.45. The van der Waals surface area contributed by atoms with E-state index in [9.17, 15) is 18.3 Å². The van der Waals surface area contributed by atoms with Crippen LogP contribution in [0.5, 0.6) is 0 Å². The van der Waals surface area contributed by atoms with Gasteiger partial charge in [0.25, 0.3) is 0 Å². The van der Waals surface area contributed by atoms with Crippen LogP contribution < -0.4 is 5.32 Å². The highest BCUT2D eigenvalue weighted by atomic mass is 35.5. The number of rotatable bonds is 5. The lowest BCUT2D eigenvalue weighted by atomic mass is 9.97. The summed E-state index contributed by atoms with van der Waals surface area (Å²) in [7, 11) is 0. The molecule has 1 aliphatic heterocycles. The summed E-state index contributed by atoms with van der Waals surface area (Å²) in [5, 5.41) is 14.0. The molecule has 0 saturated carbocycles. The molecular formula is C20H18Cl3F3N4O. The van der Waals surface area contributed by atoms with Crippen LogP contribution in [0.4, 0.5) is 19.0 Å². The van der Waals surface area contributed by atoms with Gasteiger partial charge >= 0.3 is 6.18 Å². The number of nitrogens with zero attached hydrogens (tertiary/aromatic N) is 2. The van der Waals surface area contributed by atoms with E-state index in [1.165, 1.54) is 0 Å². The average molecular weight is 494 g/mol. The maximum atomic E-state index is 13.1. The molecule has 0 spiro atoms. The van der Waals surface area contributed by atoms with Gasteiger partial charge in [-0.05, 0) is 36.2 Å². The number of benzene rings is 1. The monoisotopic (exact) mass is 492 g/mol. The van der Waals surface area contributed by atoms with Crippen molar-refractivity contribution in [3.8, 4) is 0 Å². The Labute approximate surface area is 191 Å². The first-order chi connectivity index (χ1) is 14.7. The molecule has 3 heterocycles. The van der Waals surface area contributed by atoms with Crippen LogP contribution in [0.1, 0.15) is 23.0 Å². The SMILES string of the molecule is OCC1c2[nH]c3ccc(Cl)cc3c2CCN1CCNc1nc(C(F)(F)F)c(Cl)cc1Cl. The van der Waals surface area contributed by atoms with Gasteiger partial charge in [-0.3, -0.25) is 4.90 Å². The van der Waals surface area contributed by atoms with Gasteiger partial charge in [-0.1, -0.05) is 34.8 Å². The fourth-order valence-electron chi connectivity index (χ4n) is 3.97. The summed E-state index contributed by atoms with van der Waals surface area (Å²) in [5.41, 5.74) is 1.81. The van der Waals surface area contributed by atoms with Crippen LogP contribution in [0.15, 0.2) is 24.3 Å². The fourth-order valence-corrected chi connectivity index (χ4v) is 4.67. The van der Waals surface area contributed by atoms with Crippen LogP contribution in [0, 0.1) is 0 Å². The number of nitrogens with one attached hydrogen (secondary N) is 2.